The SMILES string of the molecule is Cc1cc(OC(C)C(=O)N[C@H](C(=O)O)C(C)C)c2c3c(c(=O)oc2c1)CCCC3. The van der Waals surface area contributed by atoms with Crippen LogP contribution in [-0.4, -0.2) is 29.1 Å². The molecule has 1 amide bonds. The van der Waals surface area contributed by atoms with Crippen molar-refractivity contribution in [2.75, 3.05) is 0 Å². The monoisotopic (exact) mass is 401 g/mol. The average molecular weight is 401 g/mol. The number of aliphatic carboxylic acids is 1. The molecule has 1 aromatic carbocycles. The molecule has 0 spiro atoms. The number of aryl methyl sites for hydroxylation is 2. The van der Waals surface area contributed by atoms with Crippen LogP contribution in [0.4, 0.5) is 0 Å². The zero-order valence-electron chi connectivity index (χ0n) is 17.2. The highest BCUT2D eigenvalue weighted by Crippen LogP contribution is 2.35. The van der Waals surface area contributed by atoms with E-state index in [2.05, 4.69) is 5.32 Å². The summed E-state index contributed by atoms with van der Waals surface area (Å²) < 4.78 is 11.5. The molecule has 1 heterocycles. The van der Waals surface area contributed by atoms with Crippen molar-refractivity contribution in [3.05, 3.63) is 39.2 Å². The van der Waals surface area contributed by atoms with E-state index in [1.54, 1.807) is 26.8 Å². The Balaban J connectivity index is 1.96. The maximum Gasteiger partial charge on any atom is 0.339 e. The van der Waals surface area contributed by atoms with Gasteiger partial charge in [0, 0.05) is 5.56 Å². The van der Waals surface area contributed by atoms with Gasteiger partial charge in [-0.2, -0.15) is 0 Å². The molecule has 7 heteroatoms. The zero-order chi connectivity index (χ0) is 21.3. The van der Waals surface area contributed by atoms with E-state index in [4.69, 9.17) is 9.15 Å². The van der Waals surface area contributed by atoms with Gasteiger partial charge >= 0.3 is 11.6 Å². The molecule has 29 heavy (non-hydrogen) atoms. The molecule has 156 valence electrons. The molecule has 1 aliphatic carbocycles. The molecule has 2 N–H and O–H groups in total. The van der Waals surface area contributed by atoms with Crippen LogP contribution in [0.1, 0.15) is 50.3 Å². The van der Waals surface area contributed by atoms with Crippen molar-refractivity contribution in [1.29, 1.82) is 0 Å². The van der Waals surface area contributed by atoms with Gasteiger partial charge in [0.05, 0.1) is 5.39 Å². The molecular formula is C22H27NO6. The van der Waals surface area contributed by atoms with Crippen molar-refractivity contribution in [2.45, 2.75) is 65.5 Å². The minimum absolute atomic E-state index is 0.259. The summed E-state index contributed by atoms with van der Waals surface area (Å²) in [5.41, 5.74) is 2.58. The van der Waals surface area contributed by atoms with Crippen LogP contribution >= 0.6 is 0 Å². The zero-order valence-corrected chi connectivity index (χ0v) is 17.2. The van der Waals surface area contributed by atoms with Crippen molar-refractivity contribution in [1.82, 2.24) is 5.32 Å². The number of carboxylic acid groups (broad SMARTS) is 1. The number of nitrogens with one attached hydrogen (secondary N) is 1. The average Bonchev–Trinajstić information content (AvgIpc) is 2.64. The highest BCUT2D eigenvalue weighted by atomic mass is 16.5. The van der Waals surface area contributed by atoms with Gasteiger partial charge in [-0.1, -0.05) is 13.8 Å². The topological polar surface area (TPSA) is 106 Å². The molecule has 0 bridgehead atoms. The Morgan fingerprint density at radius 2 is 1.79 bits per heavy atom. The van der Waals surface area contributed by atoms with E-state index in [-0.39, 0.29) is 11.5 Å². The summed E-state index contributed by atoms with van der Waals surface area (Å²) in [6.07, 6.45) is 2.43. The van der Waals surface area contributed by atoms with Crippen LogP contribution in [0.2, 0.25) is 0 Å². The molecule has 0 saturated heterocycles. The minimum atomic E-state index is -1.09. The molecule has 2 atom stereocenters. The first-order valence-corrected chi connectivity index (χ1v) is 9.98. The van der Waals surface area contributed by atoms with E-state index >= 15 is 0 Å². The van der Waals surface area contributed by atoms with Crippen molar-refractivity contribution in [2.24, 2.45) is 5.92 Å². The third-order valence-electron chi connectivity index (χ3n) is 5.33. The molecule has 7 nitrogen and oxygen atoms in total. The number of fused-ring (bicyclic) bond motifs is 3. The minimum Gasteiger partial charge on any atom is -0.480 e. The second-order valence-corrected chi connectivity index (χ2v) is 8.02. The van der Waals surface area contributed by atoms with Crippen LogP contribution in [0.5, 0.6) is 5.75 Å². The number of benzene rings is 1. The Hall–Kier alpha value is -2.83. The Kier molecular flexibility index (Phi) is 5.96. The molecule has 0 fully saturated rings. The van der Waals surface area contributed by atoms with Crippen LogP contribution in [-0.2, 0) is 22.4 Å². The van der Waals surface area contributed by atoms with Crippen LogP contribution < -0.4 is 15.7 Å². The quantitative estimate of drug-likeness (QED) is 0.721. The van der Waals surface area contributed by atoms with E-state index in [1.807, 2.05) is 13.0 Å². The summed E-state index contributed by atoms with van der Waals surface area (Å²) in [5, 5.41) is 12.6. The van der Waals surface area contributed by atoms with E-state index in [0.29, 0.717) is 23.3 Å². The summed E-state index contributed by atoms with van der Waals surface area (Å²) in [6.45, 7) is 6.89. The molecule has 1 aromatic heterocycles. The van der Waals surface area contributed by atoms with E-state index < -0.39 is 24.0 Å². The number of amides is 1. The van der Waals surface area contributed by atoms with E-state index in [9.17, 15) is 19.5 Å². The molecule has 1 unspecified atom stereocenters. The fraction of sp³-hybridized carbons (Fsp3) is 0.500. The maximum atomic E-state index is 12.6. The third kappa shape index (κ3) is 4.28. The number of carbonyl (C=O) groups excluding carboxylic acids is 1. The first-order chi connectivity index (χ1) is 13.7. The van der Waals surface area contributed by atoms with Gasteiger partial charge < -0.3 is 19.6 Å². The lowest BCUT2D eigenvalue weighted by Crippen LogP contribution is -2.48. The highest BCUT2D eigenvalue weighted by molar-refractivity contribution is 5.90. The standard InChI is InChI=1S/C22H27NO6/c1-11(2)19(21(25)26)23-20(24)13(4)28-16-9-12(3)10-17-18(16)14-7-5-6-8-15(14)22(27)29-17/h9-11,13,19H,5-8H2,1-4H3,(H,23,24)(H,25,26)/t13?,19-/m0/s1. The fourth-order valence-electron chi connectivity index (χ4n) is 3.79. The second kappa shape index (κ2) is 8.27. The van der Waals surface area contributed by atoms with Crippen molar-refractivity contribution >= 4 is 22.8 Å². The van der Waals surface area contributed by atoms with E-state index in [0.717, 1.165) is 35.8 Å². The molecule has 2 aromatic rings. The molecule has 0 radical (unpaired) electrons. The summed E-state index contributed by atoms with van der Waals surface area (Å²) in [4.78, 5) is 36.3. The van der Waals surface area contributed by atoms with Gasteiger partial charge in [-0.3, -0.25) is 4.79 Å². The Labute approximate surface area is 169 Å². The van der Waals surface area contributed by atoms with Crippen molar-refractivity contribution in [3.63, 3.8) is 0 Å². The maximum absolute atomic E-state index is 12.6. The number of carbonyl (C=O) groups is 2. The second-order valence-electron chi connectivity index (χ2n) is 8.02. The number of hydrogen-bond acceptors (Lipinski definition) is 5. The smallest absolute Gasteiger partial charge is 0.339 e. The molecule has 1 aliphatic rings. The van der Waals surface area contributed by atoms with Gasteiger partial charge in [-0.25, -0.2) is 9.59 Å². The highest BCUT2D eigenvalue weighted by Gasteiger charge is 2.28. The van der Waals surface area contributed by atoms with Crippen LogP contribution in [0.25, 0.3) is 11.0 Å². The lowest BCUT2D eigenvalue weighted by Gasteiger charge is -2.23. The predicted molar refractivity (Wildman–Crippen MR) is 108 cm³/mol. The Morgan fingerprint density at radius 3 is 2.41 bits per heavy atom. The largest absolute Gasteiger partial charge is 0.480 e. The van der Waals surface area contributed by atoms with Gasteiger partial charge in [-0.05, 0) is 68.7 Å². The number of ether oxygens (including phenoxy) is 1. The summed E-state index contributed by atoms with van der Waals surface area (Å²) in [5.74, 6) is -1.38. The molecule has 0 aliphatic heterocycles. The molecule has 0 saturated carbocycles. The fourth-order valence-corrected chi connectivity index (χ4v) is 3.79. The van der Waals surface area contributed by atoms with Gasteiger partial charge in [0.25, 0.3) is 5.91 Å². The first-order valence-electron chi connectivity index (χ1n) is 9.98. The van der Waals surface area contributed by atoms with Gasteiger partial charge in [0.2, 0.25) is 0 Å². The third-order valence-corrected chi connectivity index (χ3v) is 5.33. The van der Waals surface area contributed by atoms with E-state index in [1.165, 1.54) is 0 Å². The Bertz CT molecular complexity index is 1010. The van der Waals surface area contributed by atoms with Gasteiger partial charge in [0.1, 0.15) is 17.4 Å². The number of carboxylic acids is 1. The Morgan fingerprint density at radius 1 is 1.14 bits per heavy atom. The lowest BCUT2D eigenvalue weighted by molar-refractivity contribution is -0.144. The van der Waals surface area contributed by atoms with Gasteiger partial charge in [0.15, 0.2) is 6.10 Å². The predicted octanol–water partition coefficient (Wildman–Crippen LogP) is 2.97. The first kappa shape index (κ1) is 20.9. The summed E-state index contributed by atoms with van der Waals surface area (Å²) >= 11 is 0. The molecule has 3 rings (SSSR count). The normalized spacial score (nSPS) is 15.6. The lowest BCUT2D eigenvalue weighted by atomic mass is 9.90. The number of hydrogen-bond donors (Lipinski definition) is 2. The van der Waals surface area contributed by atoms with Crippen LogP contribution in [0.15, 0.2) is 21.3 Å². The van der Waals surface area contributed by atoms with Gasteiger partial charge in [-0.15, -0.1) is 0 Å². The number of rotatable bonds is 6. The summed E-state index contributed by atoms with van der Waals surface area (Å²) in [6, 6.07) is 2.62. The van der Waals surface area contributed by atoms with Crippen molar-refractivity contribution in [3.8, 4) is 5.75 Å². The van der Waals surface area contributed by atoms with Crippen molar-refractivity contribution < 1.29 is 23.8 Å². The van der Waals surface area contributed by atoms with Crippen LogP contribution in [0.3, 0.4) is 0 Å². The van der Waals surface area contributed by atoms with Crippen LogP contribution in [0, 0.1) is 12.8 Å². The summed E-state index contributed by atoms with van der Waals surface area (Å²) in [7, 11) is 0. The molecular weight excluding hydrogens is 374 g/mol.